The van der Waals surface area contributed by atoms with Crippen LogP contribution >= 0.6 is 0 Å². The molecule has 1 atom stereocenters. The van der Waals surface area contributed by atoms with Crippen molar-refractivity contribution in [3.8, 4) is 5.75 Å². The lowest BCUT2D eigenvalue weighted by Gasteiger charge is -2.33. The van der Waals surface area contributed by atoms with Gasteiger partial charge in [0.05, 0.1) is 19.5 Å². The van der Waals surface area contributed by atoms with E-state index in [2.05, 4.69) is 10.1 Å². The van der Waals surface area contributed by atoms with Gasteiger partial charge >= 0.3 is 0 Å². The molecule has 1 amide bonds. The number of amides is 1. The second-order valence-electron chi connectivity index (χ2n) is 7.47. The molecule has 7 nitrogen and oxygen atoms in total. The Hall–Kier alpha value is -3.09. The van der Waals surface area contributed by atoms with Gasteiger partial charge < -0.3 is 14.1 Å². The first-order chi connectivity index (χ1) is 14.1. The van der Waals surface area contributed by atoms with E-state index in [9.17, 15) is 4.79 Å². The fourth-order valence-electron chi connectivity index (χ4n) is 3.86. The molecule has 1 fully saturated rings. The Bertz CT molecular complexity index is 978. The number of aryl methyl sites for hydroxylation is 1. The summed E-state index contributed by atoms with van der Waals surface area (Å²) < 4.78 is 13.2. The zero-order valence-electron chi connectivity index (χ0n) is 16.9. The SMILES string of the molecule is COc1ccccc1Cc1cnc(C2CCCCN2C(=O)Cn2cc(C)cn2)o1. The van der Waals surface area contributed by atoms with Gasteiger partial charge in [0.2, 0.25) is 11.8 Å². The molecule has 3 heterocycles. The van der Waals surface area contributed by atoms with Crippen LogP contribution in [-0.4, -0.2) is 39.2 Å². The molecule has 1 aromatic carbocycles. The number of carbonyl (C=O) groups excluding carboxylic acids is 1. The lowest BCUT2D eigenvalue weighted by molar-refractivity contribution is -0.136. The van der Waals surface area contributed by atoms with Gasteiger partial charge in [-0.2, -0.15) is 5.10 Å². The van der Waals surface area contributed by atoms with Crippen LogP contribution in [0.5, 0.6) is 5.75 Å². The molecule has 1 unspecified atom stereocenters. The van der Waals surface area contributed by atoms with Crippen molar-refractivity contribution in [3.05, 3.63) is 65.6 Å². The number of piperidine rings is 1. The third-order valence-electron chi connectivity index (χ3n) is 5.30. The van der Waals surface area contributed by atoms with Gasteiger partial charge in [-0.25, -0.2) is 4.98 Å². The summed E-state index contributed by atoms with van der Waals surface area (Å²) >= 11 is 0. The van der Waals surface area contributed by atoms with Crippen LogP contribution in [0.3, 0.4) is 0 Å². The van der Waals surface area contributed by atoms with Crippen LogP contribution in [0.2, 0.25) is 0 Å². The maximum absolute atomic E-state index is 12.9. The minimum atomic E-state index is -0.126. The molecule has 0 radical (unpaired) electrons. The molecule has 0 N–H and O–H groups in total. The van der Waals surface area contributed by atoms with Crippen molar-refractivity contribution in [1.29, 1.82) is 0 Å². The summed E-state index contributed by atoms with van der Waals surface area (Å²) in [5.74, 6) is 2.25. The van der Waals surface area contributed by atoms with Crippen molar-refractivity contribution >= 4 is 5.91 Å². The van der Waals surface area contributed by atoms with Crippen LogP contribution in [0.4, 0.5) is 0 Å². The average Bonchev–Trinajstić information content (AvgIpc) is 3.37. The number of hydrogen-bond acceptors (Lipinski definition) is 5. The molecule has 0 spiro atoms. The molecular formula is C22H26N4O3. The molecule has 1 aliphatic rings. The van der Waals surface area contributed by atoms with E-state index < -0.39 is 0 Å². The summed E-state index contributed by atoms with van der Waals surface area (Å²) in [4.78, 5) is 19.3. The van der Waals surface area contributed by atoms with Gasteiger partial charge in [0.1, 0.15) is 24.1 Å². The van der Waals surface area contributed by atoms with E-state index in [-0.39, 0.29) is 18.5 Å². The zero-order valence-corrected chi connectivity index (χ0v) is 16.9. The highest BCUT2D eigenvalue weighted by Crippen LogP contribution is 2.31. The second kappa shape index (κ2) is 8.51. The van der Waals surface area contributed by atoms with Gasteiger partial charge in [-0.1, -0.05) is 18.2 Å². The largest absolute Gasteiger partial charge is 0.496 e. The van der Waals surface area contributed by atoms with Gasteiger partial charge in [0, 0.05) is 24.7 Å². The molecule has 152 valence electrons. The highest BCUT2D eigenvalue weighted by atomic mass is 16.5. The molecule has 3 aromatic rings. The minimum absolute atomic E-state index is 0.0438. The smallest absolute Gasteiger partial charge is 0.244 e. The highest BCUT2D eigenvalue weighted by Gasteiger charge is 2.31. The van der Waals surface area contributed by atoms with Crippen molar-refractivity contribution in [3.63, 3.8) is 0 Å². The maximum Gasteiger partial charge on any atom is 0.244 e. The number of benzene rings is 1. The van der Waals surface area contributed by atoms with Crippen molar-refractivity contribution in [2.75, 3.05) is 13.7 Å². The number of carbonyl (C=O) groups is 1. The van der Waals surface area contributed by atoms with E-state index in [1.54, 1.807) is 24.2 Å². The summed E-state index contributed by atoms with van der Waals surface area (Å²) in [5, 5.41) is 4.23. The van der Waals surface area contributed by atoms with Crippen molar-refractivity contribution in [2.45, 2.75) is 45.2 Å². The van der Waals surface area contributed by atoms with E-state index in [0.29, 0.717) is 18.9 Å². The zero-order chi connectivity index (χ0) is 20.2. The standard InChI is InChI=1S/C22H26N4O3/c1-16-12-24-25(14-16)15-21(27)26-10-6-5-8-19(26)22-23-13-18(29-22)11-17-7-3-4-9-20(17)28-2/h3-4,7,9,12-14,19H,5-6,8,10-11,15H2,1-2H3. The van der Waals surface area contributed by atoms with Gasteiger partial charge in [-0.15, -0.1) is 0 Å². The summed E-state index contributed by atoms with van der Waals surface area (Å²) in [6.45, 7) is 2.92. The topological polar surface area (TPSA) is 73.4 Å². The first-order valence-corrected chi connectivity index (χ1v) is 9.99. The fourth-order valence-corrected chi connectivity index (χ4v) is 3.86. The van der Waals surface area contributed by atoms with E-state index in [1.807, 2.05) is 42.3 Å². The number of aromatic nitrogens is 3. The predicted octanol–water partition coefficient (Wildman–Crippen LogP) is 3.53. The van der Waals surface area contributed by atoms with Crippen LogP contribution in [0, 0.1) is 6.92 Å². The molecule has 4 rings (SSSR count). The van der Waals surface area contributed by atoms with Gasteiger partial charge in [0.25, 0.3) is 0 Å². The molecule has 0 aliphatic carbocycles. The maximum atomic E-state index is 12.9. The van der Waals surface area contributed by atoms with Gasteiger partial charge in [-0.3, -0.25) is 9.48 Å². The summed E-state index contributed by atoms with van der Waals surface area (Å²) in [6, 6.07) is 7.75. The number of oxazole rings is 1. The van der Waals surface area contributed by atoms with Crippen LogP contribution < -0.4 is 4.74 Å². The number of ether oxygens (including phenoxy) is 1. The van der Waals surface area contributed by atoms with E-state index in [4.69, 9.17) is 9.15 Å². The molecule has 0 bridgehead atoms. The quantitative estimate of drug-likeness (QED) is 0.639. The molecule has 7 heteroatoms. The Morgan fingerprint density at radius 1 is 1.28 bits per heavy atom. The van der Waals surface area contributed by atoms with Crippen molar-refractivity contribution < 1.29 is 13.9 Å². The van der Waals surface area contributed by atoms with Gasteiger partial charge in [0.15, 0.2) is 0 Å². The lowest BCUT2D eigenvalue weighted by atomic mass is 10.0. The molecule has 2 aromatic heterocycles. The van der Waals surface area contributed by atoms with Crippen molar-refractivity contribution in [1.82, 2.24) is 19.7 Å². The number of nitrogens with zero attached hydrogens (tertiary/aromatic N) is 4. The van der Waals surface area contributed by atoms with Crippen LogP contribution in [0.15, 0.2) is 47.3 Å². The number of para-hydroxylation sites is 1. The predicted molar refractivity (Wildman–Crippen MR) is 108 cm³/mol. The van der Waals surface area contributed by atoms with E-state index in [1.165, 1.54) is 0 Å². The Morgan fingerprint density at radius 3 is 2.93 bits per heavy atom. The number of hydrogen-bond donors (Lipinski definition) is 0. The molecular weight excluding hydrogens is 368 g/mol. The monoisotopic (exact) mass is 394 g/mol. The second-order valence-corrected chi connectivity index (χ2v) is 7.47. The summed E-state index contributed by atoms with van der Waals surface area (Å²) in [5.41, 5.74) is 2.09. The normalized spacial score (nSPS) is 16.8. The minimum Gasteiger partial charge on any atom is -0.496 e. The Labute approximate surface area is 170 Å². The number of likely N-dealkylation sites (tertiary alicyclic amines) is 1. The van der Waals surface area contributed by atoms with E-state index in [0.717, 1.165) is 41.9 Å². The third-order valence-corrected chi connectivity index (χ3v) is 5.30. The Morgan fingerprint density at radius 2 is 2.14 bits per heavy atom. The third kappa shape index (κ3) is 4.34. The Balaban J connectivity index is 1.49. The van der Waals surface area contributed by atoms with Crippen LogP contribution in [0.25, 0.3) is 0 Å². The van der Waals surface area contributed by atoms with Crippen molar-refractivity contribution in [2.24, 2.45) is 0 Å². The number of methoxy groups -OCH3 is 1. The first-order valence-electron chi connectivity index (χ1n) is 9.99. The molecule has 29 heavy (non-hydrogen) atoms. The summed E-state index contributed by atoms with van der Waals surface area (Å²) in [6.07, 6.45) is 8.92. The fraction of sp³-hybridized carbons (Fsp3) is 0.409. The molecule has 1 aliphatic heterocycles. The number of rotatable bonds is 6. The first kappa shape index (κ1) is 19.2. The Kier molecular flexibility index (Phi) is 5.64. The van der Waals surface area contributed by atoms with E-state index >= 15 is 0 Å². The molecule has 1 saturated heterocycles. The highest BCUT2D eigenvalue weighted by molar-refractivity contribution is 5.76. The van der Waals surface area contributed by atoms with Crippen LogP contribution in [-0.2, 0) is 17.8 Å². The molecule has 0 saturated carbocycles. The van der Waals surface area contributed by atoms with Gasteiger partial charge in [-0.05, 0) is 37.8 Å². The lowest BCUT2D eigenvalue weighted by Crippen LogP contribution is -2.40. The summed E-state index contributed by atoms with van der Waals surface area (Å²) in [7, 11) is 1.66. The van der Waals surface area contributed by atoms with Crippen LogP contribution in [0.1, 0.15) is 48.1 Å². The average molecular weight is 394 g/mol.